The fraction of sp³-hybridized carbons (Fsp3) is 0.250. The summed E-state index contributed by atoms with van der Waals surface area (Å²) in [6, 6.07) is 5.91. The van der Waals surface area contributed by atoms with Gasteiger partial charge in [0.2, 0.25) is 0 Å². The van der Waals surface area contributed by atoms with Crippen molar-refractivity contribution < 1.29 is 9.18 Å². The first-order valence-corrected chi connectivity index (χ1v) is 5.65. The number of carbonyl (C=O) groups excluding carboxylic acids is 1. The topological polar surface area (TPSA) is 96.7 Å². The number of H-pyrrole nitrogens is 1. The lowest BCUT2D eigenvalue weighted by atomic mass is 9.94. The molecule has 0 bridgehead atoms. The second-order valence-corrected chi connectivity index (χ2v) is 4.64. The van der Waals surface area contributed by atoms with E-state index in [-0.39, 0.29) is 17.3 Å². The number of carbonyl (C=O) groups is 1. The van der Waals surface area contributed by atoms with E-state index in [1.807, 2.05) is 0 Å². The molecule has 19 heavy (non-hydrogen) atoms. The molecule has 0 spiro atoms. The van der Waals surface area contributed by atoms with Crippen molar-refractivity contribution in [3.8, 4) is 0 Å². The highest BCUT2D eigenvalue weighted by molar-refractivity contribution is 5.96. The smallest absolute Gasteiger partial charge is 0.276 e. The molecule has 2 aromatic rings. The number of nitrogens with two attached hydrogens (primary N) is 1. The Morgan fingerprint density at radius 2 is 1.95 bits per heavy atom. The number of anilines is 1. The summed E-state index contributed by atoms with van der Waals surface area (Å²) < 4.78 is 12.9. The van der Waals surface area contributed by atoms with Crippen LogP contribution >= 0.6 is 0 Å². The first-order valence-electron chi connectivity index (χ1n) is 5.65. The summed E-state index contributed by atoms with van der Waals surface area (Å²) in [5.41, 5.74) is 5.62. The number of nitrogens with zero attached hydrogens (tertiary/aromatic N) is 2. The van der Waals surface area contributed by atoms with Crippen LogP contribution in [0.5, 0.6) is 0 Å². The van der Waals surface area contributed by atoms with Gasteiger partial charge in [-0.1, -0.05) is 12.1 Å². The number of halogens is 1. The fourth-order valence-electron chi connectivity index (χ4n) is 1.69. The number of amides is 1. The monoisotopic (exact) mass is 263 g/mol. The first kappa shape index (κ1) is 13.0. The largest absolute Gasteiger partial charge is 0.380 e. The van der Waals surface area contributed by atoms with Crippen LogP contribution in [0.25, 0.3) is 0 Å². The maximum atomic E-state index is 12.9. The lowest BCUT2D eigenvalue weighted by Gasteiger charge is -2.26. The Labute approximate surface area is 109 Å². The molecule has 1 heterocycles. The minimum absolute atomic E-state index is 0.0346. The maximum absolute atomic E-state index is 12.9. The van der Waals surface area contributed by atoms with Crippen molar-refractivity contribution in [3.63, 3.8) is 0 Å². The summed E-state index contributed by atoms with van der Waals surface area (Å²) in [6.45, 7) is 3.60. The van der Waals surface area contributed by atoms with Crippen molar-refractivity contribution in [2.75, 3.05) is 5.73 Å². The van der Waals surface area contributed by atoms with Gasteiger partial charge in [-0.2, -0.15) is 5.21 Å². The third-order valence-electron chi connectivity index (χ3n) is 2.78. The Morgan fingerprint density at radius 3 is 2.47 bits per heavy atom. The number of hydrogen-bond donors (Lipinski definition) is 3. The van der Waals surface area contributed by atoms with Crippen molar-refractivity contribution in [2.45, 2.75) is 19.4 Å². The number of aromatic amines is 1. The minimum atomic E-state index is -0.684. The van der Waals surface area contributed by atoms with Gasteiger partial charge in [-0.05, 0) is 31.5 Å². The summed E-state index contributed by atoms with van der Waals surface area (Å²) >= 11 is 0. The van der Waals surface area contributed by atoms with E-state index in [9.17, 15) is 9.18 Å². The van der Waals surface area contributed by atoms with Crippen molar-refractivity contribution in [3.05, 3.63) is 41.3 Å². The SMILES string of the molecule is CC(C)(NC(=O)c1n[nH]nc1N)c1ccc(F)cc1. The fourth-order valence-corrected chi connectivity index (χ4v) is 1.69. The third-order valence-corrected chi connectivity index (χ3v) is 2.78. The van der Waals surface area contributed by atoms with Crippen LogP contribution in [-0.4, -0.2) is 21.3 Å². The summed E-state index contributed by atoms with van der Waals surface area (Å²) in [4.78, 5) is 12.0. The van der Waals surface area contributed by atoms with Gasteiger partial charge in [-0.15, -0.1) is 10.2 Å². The number of aromatic nitrogens is 3. The molecule has 7 heteroatoms. The molecule has 1 aromatic heterocycles. The summed E-state index contributed by atoms with van der Waals surface area (Å²) in [7, 11) is 0. The molecule has 100 valence electrons. The molecule has 0 unspecified atom stereocenters. The molecule has 0 saturated heterocycles. The van der Waals surface area contributed by atoms with E-state index in [0.717, 1.165) is 5.56 Å². The highest BCUT2D eigenvalue weighted by Gasteiger charge is 2.25. The van der Waals surface area contributed by atoms with Gasteiger partial charge in [0.05, 0.1) is 5.54 Å². The highest BCUT2D eigenvalue weighted by Crippen LogP contribution is 2.21. The van der Waals surface area contributed by atoms with Gasteiger partial charge >= 0.3 is 0 Å². The third kappa shape index (κ3) is 2.70. The van der Waals surface area contributed by atoms with Crippen LogP contribution in [0.2, 0.25) is 0 Å². The number of hydrogen-bond acceptors (Lipinski definition) is 4. The average Bonchev–Trinajstić information content (AvgIpc) is 2.75. The van der Waals surface area contributed by atoms with Crippen molar-refractivity contribution in [2.24, 2.45) is 0 Å². The Morgan fingerprint density at radius 1 is 1.32 bits per heavy atom. The molecule has 4 N–H and O–H groups in total. The van der Waals surface area contributed by atoms with Crippen LogP contribution in [-0.2, 0) is 5.54 Å². The van der Waals surface area contributed by atoms with E-state index < -0.39 is 11.4 Å². The molecule has 6 nitrogen and oxygen atoms in total. The van der Waals surface area contributed by atoms with Gasteiger partial charge in [-0.3, -0.25) is 4.79 Å². The number of nitrogens with one attached hydrogen (secondary N) is 2. The standard InChI is InChI=1S/C12H14FN5O/c1-12(2,7-3-5-8(13)6-4-7)15-11(19)9-10(14)17-18-16-9/h3-6H,1-2H3,(H,15,19)(H3,14,16,17,18). The zero-order valence-corrected chi connectivity index (χ0v) is 10.6. The molecule has 0 fully saturated rings. The maximum Gasteiger partial charge on any atom is 0.276 e. The summed E-state index contributed by atoms with van der Waals surface area (Å²) in [6.07, 6.45) is 0. The van der Waals surface area contributed by atoms with Gasteiger partial charge in [0, 0.05) is 0 Å². The lowest BCUT2D eigenvalue weighted by molar-refractivity contribution is 0.0908. The summed E-state index contributed by atoms with van der Waals surface area (Å²) in [5.74, 6) is -0.736. The van der Waals surface area contributed by atoms with Crippen LogP contribution in [0.1, 0.15) is 29.9 Å². The molecular weight excluding hydrogens is 249 g/mol. The Kier molecular flexibility index (Phi) is 3.20. The Bertz CT molecular complexity index is 590. The van der Waals surface area contributed by atoms with Crippen molar-refractivity contribution >= 4 is 11.7 Å². The molecule has 0 aliphatic rings. The second kappa shape index (κ2) is 4.68. The van der Waals surface area contributed by atoms with E-state index in [0.29, 0.717) is 0 Å². The zero-order chi connectivity index (χ0) is 14.0. The Hall–Kier alpha value is -2.44. The number of nitrogen functional groups attached to an aromatic ring is 1. The van der Waals surface area contributed by atoms with Crippen LogP contribution in [0, 0.1) is 5.82 Å². The first-order chi connectivity index (χ1) is 8.90. The van der Waals surface area contributed by atoms with Crippen LogP contribution in [0.3, 0.4) is 0 Å². The van der Waals surface area contributed by atoms with Crippen molar-refractivity contribution in [1.82, 2.24) is 20.7 Å². The van der Waals surface area contributed by atoms with E-state index in [4.69, 9.17) is 5.73 Å². The van der Waals surface area contributed by atoms with E-state index in [1.165, 1.54) is 12.1 Å². The van der Waals surface area contributed by atoms with Crippen LogP contribution < -0.4 is 11.1 Å². The van der Waals surface area contributed by atoms with Crippen LogP contribution in [0.15, 0.2) is 24.3 Å². The zero-order valence-electron chi connectivity index (χ0n) is 10.6. The summed E-state index contributed by atoms with van der Waals surface area (Å²) in [5, 5.41) is 12.3. The molecule has 1 amide bonds. The number of rotatable bonds is 3. The minimum Gasteiger partial charge on any atom is -0.380 e. The Balaban J connectivity index is 2.19. The molecule has 0 atom stereocenters. The second-order valence-electron chi connectivity index (χ2n) is 4.64. The normalized spacial score (nSPS) is 11.3. The molecule has 2 rings (SSSR count). The molecular formula is C12H14FN5O. The lowest BCUT2D eigenvalue weighted by Crippen LogP contribution is -2.41. The van der Waals surface area contributed by atoms with Crippen LogP contribution in [0.4, 0.5) is 10.2 Å². The predicted molar refractivity (Wildman–Crippen MR) is 67.7 cm³/mol. The van der Waals surface area contributed by atoms with Gasteiger partial charge in [0.1, 0.15) is 5.82 Å². The van der Waals surface area contributed by atoms with Gasteiger partial charge in [0.25, 0.3) is 5.91 Å². The van der Waals surface area contributed by atoms with Gasteiger partial charge in [0.15, 0.2) is 11.5 Å². The molecule has 0 radical (unpaired) electrons. The van der Waals surface area contributed by atoms with E-state index >= 15 is 0 Å². The van der Waals surface area contributed by atoms with E-state index in [1.54, 1.807) is 26.0 Å². The molecule has 0 aliphatic heterocycles. The molecule has 1 aromatic carbocycles. The predicted octanol–water partition coefficient (Wildman–Crippen LogP) is 1.19. The highest BCUT2D eigenvalue weighted by atomic mass is 19.1. The van der Waals surface area contributed by atoms with Gasteiger partial charge < -0.3 is 11.1 Å². The van der Waals surface area contributed by atoms with E-state index in [2.05, 4.69) is 20.7 Å². The van der Waals surface area contributed by atoms with Crippen molar-refractivity contribution in [1.29, 1.82) is 0 Å². The quantitative estimate of drug-likeness (QED) is 0.775. The molecule has 0 aliphatic carbocycles. The molecule has 0 saturated carbocycles. The number of benzene rings is 1. The average molecular weight is 263 g/mol. The van der Waals surface area contributed by atoms with Gasteiger partial charge in [-0.25, -0.2) is 4.39 Å².